The Hall–Kier alpha value is -1.51. The van der Waals surface area contributed by atoms with Crippen molar-refractivity contribution in [1.82, 2.24) is 4.90 Å². The zero-order valence-electron chi connectivity index (χ0n) is 11.8. The molecule has 1 aromatic rings. The first-order chi connectivity index (χ1) is 9.08. The standard InChI is InChI=1S/C16H23NO2/c1-12-6-3-4-9-15(12)17(2)16(19)11-13-7-5-8-14(18)10-13/h5,7-8,10,12,15,18H,3-4,6,9,11H2,1-2H3. The summed E-state index contributed by atoms with van der Waals surface area (Å²) in [5.41, 5.74) is 0.875. The topological polar surface area (TPSA) is 40.5 Å². The van der Waals surface area contributed by atoms with E-state index in [1.807, 2.05) is 18.0 Å². The average Bonchev–Trinajstić information content (AvgIpc) is 2.38. The summed E-state index contributed by atoms with van der Waals surface area (Å²) in [6.07, 6.45) is 5.21. The summed E-state index contributed by atoms with van der Waals surface area (Å²) >= 11 is 0. The van der Waals surface area contributed by atoms with E-state index in [0.717, 1.165) is 12.0 Å². The van der Waals surface area contributed by atoms with Gasteiger partial charge in [0.1, 0.15) is 5.75 Å². The monoisotopic (exact) mass is 261 g/mol. The Morgan fingerprint density at radius 1 is 1.37 bits per heavy atom. The number of carbonyl (C=O) groups excluding carboxylic acids is 1. The summed E-state index contributed by atoms with van der Waals surface area (Å²) in [5, 5.41) is 9.43. The molecule has 0 spiro atoms. The molecule has 104 valence electrons. The highest BCUT2D eigenvalue weighted by molar-refractivity contribution is 5.79. The van der Waals surface area contributed by atoms with Crippen LogP contribution < -0.4 is 0 Å². The maximum Gasteiger partial charge on any atom is 0.226 e. The van der Waals surface area contributed by atoms with Gasteiger partial charge in [0.25, 0.3) is 0 Å². The van der Waals surface area contributed by atoms with Gasteiger partial charge in [-0.3, -0.25) is 4.79 Å². The average molecular weight is 261 g/mol. The van der Waals surface area contributed by atoms with Gasteiger partial charge in [0.15, 0.2) is 0 Å². The summed E-state index contributed by atoms with van der Waals surface area (Å²) in [4.78, 5) is 14.2. The third kappa shape index (κ3) is 3.49. The molecule has 1 aliphatic carbocycles. The number of hydrogen-bond donors (Lipinski definition) is 1. The summed E-state index contributed by atoms with van der Waals surface area (Å²) < 4.78 is 0. The van der Waals surface area contributed by atoms with E-state index in [4.69, 9.17) is 0 Å². The Balaban J connectivity index is 1.99. The summed E-state index contributed by atoms with van der Waals surface area (Å²) in [5.74, 6) is 0.954. The lowest BCUT2D eigenvalue weighted by molar-refractivity contribution is -0.132. The van der Waals surface area contributed by atoms with Crippen molar-refractivity contribution in [2.45, 2.75) is 45.1 Å². The Labute approximate surface area is 115 Å². The molecule has 3 nitrogen and oxygen atoms in total. The third-order valence-corrected chi connectivity index (χ3v) is 4.22. The number of nitrogens with zero attached hydrogens (tertiary/aromatic N) is 1. The van der Waals surface area contributed by atoms with E-state index in [2.05, 4.69) is 6.92 Å². The molecule has 0 saturated heterocycles. The number of phenols is 1. The lowest BCUT2D eigenvalue weighted by atomic mass is 9.85. The number of hydrogen-bond acceptors (Lipinski definition) is 2. The Kier molecular flexibility index (Phi) is 4.46. The minimum absolute atomic E-state index is 0.143. The first kappa shape index (κ1) is 13.9. The van der Waals surface area contributed by atoms with Crippen molar-refractivity contribution in [3.8, 4) is 5.75 Å². The van der Waals surface area contributed by atoms with Crippen LogP contribution in [0.4, 0.5) is 0 Å². The predicted molar refractivity (Wildman–Crippen MR) is 76.0 cm³/mol. The first-order valence-electron chi connectivity index (χ1n) is 7.11. The Morgan fingerprint density at radius 3 is 2.79 bits per heavy atom. The maximum absolute atomic E-state index is 12.3. The number of carbonyl (C=O) groups is 1. The molecular formula is C16H23NO2. The van der Waals surface area contributed by atoms with E-state index in [-0.39, 0.29) is 11.7 Å². The highest BCUT2D eigenvalue weighted by Crippen LogP contribution is 2.27. The maximum atomic E-state index is 12.3. The zero-order valence-corrected chi connectivity index (χ0v) is 11.8. The number of rotatable bonds is 3. The SMILES string of the molecule is CC1CCCCC1N(C)C(=O)Cc1cccc(O)c1. The van der Waals surface area contributed by atoms with Gasteiger partial charge in [-0.2, -0.15) is 0 Å². The summed E-state index contributed by atoms with van der Waals surface area (Å²) in [6, 6.07) is 7.33. The van der Waals surface area contributed by atoms with Crippen LogP contribution >= 0.6 is 0 Å². The van der Waals surface area contributed by atoms with Gasteiger partial charge in [-0.15, -0.1) is 0 Å². The molecule has 1 aliphatic rings. The molecule has 1 N–H and O–H groups in total. The smallest absolute Gasteiger partial charge is 0.226 e. The molecule has 2 atom stereocenters. The molecule has 3 heteroatoms. The second-order valence-electron chi connectivity index (χ2n) is 5.68. The Morgan fingerprint density at radius 2 is 2.11 bits per heavy atom. The fourth-order valence-corrected chi connectivity index (χ4v) is 3.02. The predicted octanol–water partition coefficient (Wildman–Crippen LogP) is 2.97. The van der Waals surface area contributed by atoms with Crippen LogP contribution in [-0.2, 0) is 11.2 Å². The van der Waals surface area contributed by atoms with Crippen LogP contribution in [0.1, 0.15) is 38.2 Å². The van der Waals surface area contributed by atoms with Gasteiger partial charge in [0.2, 0.25) is 5.91 Å². The first-order valence-corrected chi connectivity index (χ1v) is 7.11. The number of aromatic hydroxyl groups is 1. The largest absolute Gasteiger partial charge is 0.508 e. The molecule has 2 rings (SSSR count). The fraction of sp³-hybridized carbons (Fsp3) is 0.562. The normalized spacial score (nSPS) is 23.1. The molecule has 0 radical (unpaired) electrons. The van der Waals surface area contributed by atoms with E-state index in [1.54, 1.807) is 18.2 Å². The minimum Gasteiger partial charge on any atom is -0.508 e. The van der Waals surface area contributed by atoms with Gasteiger partial charge in [-0.25, -0.2) is 0 Å². The highest BCUT2D eigenvalue weighted by atomic mass is 16.3. The minimum atomic E-state index is 0.143. The molecule has 1 aromatic carbocycles. The van der Waals surface area contributed by atoms with Crippen molar-refractivity contribution in [3.63, 3.8) is 0 Å². The van der Waals surface area contributed by atoms with E-state index >= 15 is 0 Å². The van der Waals surface area contributed by atoms with Crippen LogP contribution in [0.3, 0.4) is 0 Å². The molecule has 0 aromatic heterocycles. The van der Waals surface area contributed by atoms with Gasteiger partial charge in [0, 0.05) is 13.1 Å². The van der Waals surface area contributed by atoms with E-state index in [9.17, 15) is 9.90 Å². The van der Waals surface area contributed by atoms with Crippen molar-refractivity contribution in [1.29, 1.82) is 0 Å². The van der Waals surface area contributed by atoms with Crippen LogP contribution in [0.2, 0.25) is 0 Å². The van der Waals surface area contributed by atoms with E-state index in [1.165, 1.54) is 19.3 Å². The molecule has 2 unspecified atom stereocenters. The van der Waals surface area contributed by atoms with Crippen LogP contribution in [0.5, 0.6) is 5.75 Å². The number of phenolic OH excluding ortho intramolecular Hbond substituents is 1. The van der Waals surface area contributed by atoms with Gasteiger partial charge in [-0.1, -0.05) is 31.9 Å². The lowest BCUT2D eigenvalue weighted by Gasteiger charge is -2.36. The zero-order chi connectivity index (χ0) is 13.8. The van der Waals surface area contributed by atoms with Crippen LogP contribution in [-0.4, -0.2) is 29.0 Å². The van der Waals surface area contributed by atoms with Crippen LogP contribution in [0.25, 0.3) is 0 Å². The number of likely N-dealkylation sites (N-methyl/N-ethyl adjacent to an activating group) is 1. The lowest BCUT2D eigenvalue weighted by Crippen LogP contribution is -2.43. The van der Waals surface area contributed by atoms with Crippen LogP contribution in [0.15, 0.2) is 24.3 Å². The highest BCUT2D eigenvalue weighted by Gasteiger charge is 2.27. The molecule has 1 amide bonds. The van der Waals surface area contributed by atoms with Gasteiger partial charge in [0.05, 0.1) is 6.42 Å². The fourth-order valence-electron chi connectivity index (χ4n) is 3.02. The molecule has 0 heterocycles. The van der Waals surface area contributed by atoms with Crippen molar-refractivity contribution in [2.24, 2.45) is 5.92 Å². The molecule has 0 aliphatic heterocycles. The second kappa shape index (κ2) is 6.09. The molecule has 0 bridgehead atoms. The van der Waals surface area contributed by atoms with Crippen molar-refractivity contribution in [3.05, 3.63) is 29.8 Å². The molecule has 19 heavy (non-hydrogen) atoms. The number of benzene rings is 1. The Bertz CT molecular complexity index is 444. The summed E-state index contributed by atoms with van der Waals surface area (Å²) in [7, 11) is 1.91. The van der Waals surface area contributed by atoms with Gasteiger partial charge < -0.3 is 10.0 Å². The molecular weight excluding hydrogens is 238 g/mol. The summed E-state index contributed by atoms with van der Waals surface area (Å²) in [6.45, 7) is 2.24. The second-order valence-corrected chi connectivity index (χ2v) is 5.68. The third-order valence-electron chi connectivity index (χ3n) is 4.22. The van der Waals surface area contributed by atoms with Crippen LogP contribution in [0, 0.1) is 5.92 Å². The quantitative estimate of drug-likeness (QED) is 0.908. The van der Waals surface area contributed by atoms with Crippen molar-refractivity contribution >= 4 is 5.91 Å². The van der Waals surface area contributed by atoms with Gasteiger partial charge in [-0.05, 0) is 36.5 Å². The molecule has 1 fully saturated rings. The van der Waals surface area contributed by atoms with Crippen molar-refractivity contribution in [2.75, 3.05) is 7.05 Å². The van der Waals surface area contributed by atoms with Gasteiger partial charge >= 0.3 is 0 Å². The van der Waals surface area contributed by atoms with E-state index < -0.39 is 0 Å². The van der Waals surface area contributed by atoms with E-state index in [0.29, 0.717) is 18.4 Å². The number of amides is 1. The van der Waals surface area contributed by atoms with Crippen molar-refractivity contribution < 1.29 is 9.90 Å². The molecule has 1 saturated carbocycles.